The number of amides is 2. The first-order valence-corrected chi connectivity index (χ1v) is 9.59. The minimum atomic E-state index is -0.247. The van der Waals surface area contributed by atoms with Crippen LogP contribution in [-0.2, 0) is 9.59 Å². The smallest absolute Gasteiger partial charge is 0.262 e. The van der Waals surface area contributed by atoms with Gasteiger partial charge in [-0.3, -0.25) is 9.59 Å². The first-order chi connectivity index (χ1) is 11.6. The third-order valence-corrected chi connectivity index (χ3v) is 5.86. The third-order valence-electron chi connectivity index (χ3n) is 4.53. The highest BCUT2D eigenvalue weighted by Gasteiger charge is 2.26. The molecule has 0 unspecified atom stereocenters. The van der Waals surface area contributed by atoms with E-state index in [1.54, 1.807) is 12.1 Å². The minimum absolute atomic E-state index is 0.0699. The molecule has 24 heavy (non-hydrogen) atoms. The lowest BCUT2D eigenvalue weighted by molar-refractivity contribution is -0.129. The van der Waals surface area contributed by atoms with E-state index >= 15 is 0 Å². The molecule has 1 aromatic carbocycles. The summed E-state index contributed by atoms with van der Waals surface area (Å²) in [6.45, 7) is 2.67. The maximum Gasteiger partial charge on any atom is 0.262 e. The summed E-state index contributed by atoms with van der Waals surface area (Å²) in [6.07, 6.45) is 7.20. The molecule has 1 aliphatic heterocycles. The Morgan fingerprint density at radius 2 is 2.12 bits per heavy atom. The molecule has 1 heterocycles. The summed E-state index contributed by atoms with van der Waals surface area (Å²) in [4.78, 5) is 28.2. The molecular formula is C18H21ClN2O2S. The Labute approximate surface area is 151 Å². The van der Waals surface area contributed by atoms with Crippen LogP contribution in [0.1, 0.15) is 39.0 Å². The summed E-state index contributed by atoms with van der Waals surface area (Å²) in [5, 5.41) is 3.39. The Hall–Kier alpha value is -1.46. The van der Waals surface area contributed by atoms with E-state index in [4.69, 9.17) is 11.6 Å². The largest absolute Gasteiger partial charge is 0.336 e. The number of rotatable bonds is 3. The molecule has 2 amide bonds. The molecule has 1 aliphatic carbocycles. The Kier molecular flexibility index (Phi) is 5.51. The minimum Gasteiger partial charge on any atom is -0.336 e. The van der Waals surface area contributed by atoms with Gasteiger partial charge in [-0.25, -0.2) is 0 Å². The van der Waals surface area contributed by atoms with E-state index in [-0.39, 0.29) is 11.8 Å². The summed E-state index contributed by atoms with van der Waals surface area (Å²) in [5.41, 5.74) is 0.696. The highest BCUT2D eigenvalue weighted by molar-refractivity contribution is 8.04. The van der Waals surface area contributed by atoms with Crippen LogP contribution in [-0.4, -0.2) is 29.3 Å². The van der Waals surface area contributed by atoms with Gasteiger partial charge in [-0.05, 0) is 38.0 Å². The second-order valence-corrected chi connectivity index (χ2v) is 7.64. The molecule has 2 aliphatic rings. The van der Waals surface area contributed by atoms with Gasteiger partial charge in [0.05, 0.1) is 10.6 Å². The van der Waals surface area contributed by atoms with Crippen molar-refractivity contribution in [2.24, 2.45) is 0 Å². The third kappa shape index (κ3) is 3.78. The number of carbonyl (C=O) groups is 2. The van der Waals surface area contributed by atoms with Crippen LogP contribution >= 0.6 is 23.4 Å². The van der Waals surface area contributed by atoms with Crippen LogP contribution in [0.4, 0.5) is 5.69 Å². The fourth-order valence-electron chi connectivity index (χ4n) is 3.31. The van der Waals surface area contributed by atoms with Gasteiger partial charge in [0.1, 0.15) is 0 Å². The molecule has 3 rings (SSSR count). The quantitative estimate of drug-likeness (QED) is 0.806. The van der Waals surface area contributed by atoms with E-state index in [1.165, 1.54) is 37.1 Å². The SMILES string of the molecule is CCN(C(=O)C=C1Sc2ccc(Cl)cc2NC1=O)C1CCCCC1. The maximum absolute atomic E-state index is 12.7. The predicted molar refractivity (Wildman–Crippen MR) is 98.3 cm³/mol. The molecule has 1 aromatic rings. The van der Waals surface area contributed by atoms with Crippen molar-refractivity contribution in [3.63, 3.8) is 0 Å². The van der Waals surface area contributed by atoms with Crippen molar-refractivity contribution in [2.45, 2.75) is 50.0 Å². The number of halogens is 1. The van der Waals surface area contributed by atoms with Gasteiger partial charge >= 0.3 is 0 Å². The van der Waals surface area contributed by atoms with Gasteiger partial charge in [-0.2, -0.15) is 0 Å². The molecule has 0 radical (unpaired) electrons. The second-order valence-electron chi connectivity index (χ2n) is 6.12. The molecule has 0 atom stereocenters. The Morgan fingerprint density at radius 3 is 2.83 bits per heavy atom. The van der Waals surface area contributed by atoms with Gasteiger partial charge in [0.2, 0.25) is 5.91 Å². The van der Waals surface area contributed by atoms with Crippen LogP contribution in [0.5, 0.6) is 0 Å². The lowest BCUT2D eigenvalue weighted by Gasteiger charge is -2.33. The summed E-state index contributed by atoms with van der Waals surface area (Å²) in [7, 11) is 0. The van der Waals surface area contributed by atoms with Gasteiger partial charge in [0, 0.05) is 28.6 Å². The molecule has 4 nitrogen and oxygen atoms in total. The number of hydrogen-bond donors (Lipinski definition) is 1. The molecule has 0 spiro atoms. The fraction of sp³-hybridized carbons (Fsp3) is 0.444. The van der Waals surface area contributed by atoms with Crippen LogP contribution in [0.15, 0.2) is 34.1 Å². The highest BCUT2D eigenvalue weighted by Crippen LogP contribution is 2.39. The van der Waals surface area contributed by atoms with E-state index in [9.17, 15) is 9.59 Å². The van der Waals surface area contributed by atoms with Crippen molar-refractivity contribution < 1.29 is 9.59 Å². The van der Waals surface area contributed by atoms with Gasteiger partial charge in [0.25, 0.3) is 5.91 Å². The van der Waals surface area contributed by atoms with Gasteiger partial charge in [0.15, 0.2) is 0 Å². The number of nitrogens with zero attached hydrogens (tertiary/aromatic N) is 1. The van der Waals surface area contributed by atoms with E-state index in [0.29, 0.717) is 28.2 Å². The van der Waals surface area contributed by atoms with E-state index in [1.807, 2.05) is 17.9 Å². The zero-order valence-electron chi connectivity index (χ0n) is 13.7. The van der Waals surface area contributed by atoms with E-state index in [2.05, 4.69) is 5.32 Å². The summed E-state index contributed by atoms with van der Waals surface area (Å²) >= 11 is 7.28. The van der Waals surface area contributed by atoms with Gasteiger partial charge < -0.3 is 10.2 Å². The monoisotopic (exact) mass is 364 g/mol. The maximum atomic E-state index is 12.7. The topological polar surface area (TPSA) is 49.4 Å². The number of hydrogen-bond acceptors (Lipinski definition) is 3. The standard InChI is InChI=1S/C18H21ClN2O2S/c1-2-21(13-6-4-3-5-7-13)17(22)11-16-18(23)20-14-10-12(19)8-9-15(14)24-16/h8-11,13H,2-7H2,1H3,(H,20,23). The fourth-order valence-corrected chi connectivity index (χ4v) is 4.38. The molecule has 1 fully saturated rings. The van der Waals surface area contributed by atoms with Crippen molar-refractivity contribution in [3.05, 3.63) is 34.2 Å². The van der Waals surface area contributed by atoms with Crippen LogP contribution in [0.2, 0.25) is 5.02 Å². The van der Waals surface area contributed by atoms with Crippen LogP contribution in [0.3, 0.4) is 0 Å². The summed E-state index contributed by atoms with van der Waals surface area (Å²) in [6, 6.07) is 5.67. The van der Waals surface area contributed by atoms with Crippen molar-refractivity contribution in [3.8, 4) is 0 Å². The average Bonchev–Trinajstić information content (AvgIpc) is 2.57. The van der Waals surface area contributed by atoms with Crippen LogP contribution < -0.4 is 5.32 Å². The van der Waals surface area contributed by atoms with Crippen LogP contribution in [0, 0.1) is 0 Å². The molecule has 0 saturated heterocycles. The summed E-state index contributed by atoms with van der Waals surface area (Å²) < 4.78 is 0. The lowest BCUT2D eigenvalue weighted by atomic mass is 9.94. The number of likely N-dealkylation sites (N-methyl/N-ethyl adjacent to an activating group) is 1. The molecule has 1 saturated carbocycles. The van der Waals surface area contributed by atoms with Crippen LogP contribution in [0.25, 0.3) is 0 Å². The average molecular weight is 365 g/mol. The van der Waals surface area contributed by atoms with E-state index in [0.717, 1.165) is 17.7 Å². The molecule has 128 valence electrons. The first-order valence-electron chi connectivity index (χ1n) is 8.39. The number of nitrogens with one attached hydrogen (secondary N) is 1. The molecule has 0 bridgehead atoms. The normalized spacial score (nSPS) is 19.8. The summed E-state index contributed by atoms with van der Waals surface area (Å²) in [5.74, 6) is -0.317. The second kappa shape index (κ2) is 7.62. The lowest BCUT2D eigenvalue weighted by Crippen LogP contribution is -2.40. The predicted octanol–water partition coefficient (Wildman–Crippen LogP) is 4.45. The number of carbonyl (C=O) groups excluding carboxylic acids is 2. The first kappa shape index (κ1) is 17.4. The molecule has 1 N–H and O–H groups in total. The van der Waals surface area contributed by atoms with Crippen molar-refractivity contribution in [2.75, 3.05) is 11.9 Å². The zero-order chi connectivity index (χ0) is 17.1. The van der Waals surface area contributed by atoms with Crippen molar-refractivity contribution >= 4 is 40.9 Å². The Balaban J connectivity index is 1.78. The Morgan fingerprint density at radius 1 is 1.38 bits per heavy atom. The number of fused-ring (bicyclic) bond motifs is 1. The molecule has 0 aromatic heterocycles. The van der Waals surface area contributed by atoms with Crippen molar-refractivity contribution in [1.82, 2.24) is 4.90 Å². The van der Waals surface area contributed by atoms with Crippen molar-refractivity contribution in [1.29, 1.82) is 0 Å². The molecule has 6 heteroatoms. The number of anilines is 1. The van der Waals surface area contributed by atoms with Gasteiger partial charge in [-0.15, -0.1) is 0 Å². The number of thioether (sulfide) groups is 1. The highest BCUT2D eigenvalue weighted by atomic mass is 35.5. The van der Waals surface area contributed by atoms with E-state index < -0.39 is 0 Å². The zero-order valence-corrected chi connectivity index (χ0v) is 15.3. The molecular weight excluding hydrogens is 344 g/mol. The Bertz CT molecular complexity index is 684. The number of benzene rings is 1. The van der Waals surface area contributed by atoms with Gasteiger partial charge in [-0.1, -0.05) is 42.6 Å².